The molecule has 0 spiro atoms. The Kier molecular flexibility index (Phi) is 4.07. The van der Waals surface area contributed by atoms with Crippen molar-refractivity contribution in [3.8, 4) is 11.5 Å². The Hall–Kier alpha value is -1.59. The molecule has 0 unspecified atom stereocenters. The van der Waals surface area contributed by atoms with E-state index in [4.69, 9.17) is 27.8 Å². The van der Waals surface area contributed by atoms with E-state index < -0.39 is 5.82 Å². The second-order valence-corrected chi connectivity index (χ2v) is 5.05. The first-order chi connectivity index (χ1) is 9.02. The number of anilines is 2. The normalized spacial score (nSPS) is 10.5. The Morgan fingerprint density at radius 1 is 1.16 bits per heavy atom. The maximum atomic E-state index is 13.9. The summed E-state index contributed by atoms with van der Waals surface area (Å²) in [4.78, 5) is 1.08. The van der Waals surface area contributed by atoms with E-state index in [0.29, 0.717) is 5.75 Å². The molecule has 0 amide bonds. The zero-order valence-corrected chi connectivity index (χ0v) is 11.7. The molecule has 6 heteroatoms. The van der Waals surface area contributed by atoms with Gasteiger partial charge < -0.3 is 16.2 Å². The highest BCUT2D eigenvalue weighted by Crippen LogP contribution is 2.38. The number of halogens is 2. The molecule has 2 aromatic rings. The van der Waals surface area contributed by atoms with Gasteiger partial charge in [-0.2, -0.15) is 0 Å². The van der Waals surface area contributed by atoms with Crippen LogP contribution in [-0.4, -0.2) is 6.26 Å². The Balaban J connectivity index is 2.35. The van der Waals surface area contributed by atoms with Crippen LogP contribution >= 0.6 is 23.4 Å². The van der Waals surface area contributed by atoms with Crippen LogP contribution in [0.1, 0.15) is 0 Å². The van der Waals surface area contributed by atoms with Crippen LogP contribution in [0.15, 0.2) is 35.2 Å². The summed E-state index contributed by atoms with van der Waals surface area (Å²) in [7, 11) is 0. The number of hydrogen-bond acceptors (Lipinski definition) is 4. The number of nitrogen functional groups attached to an aromatic ring is 2. The topological polar surface area (TPSA) is 61.3 Å². The average Bonchev–Trinajstić information content (AvgIpc) is 2.42. The van der Waals surface area contributed by atoms with Crippen LogP contribution in [0.25, 0.3) is 0 Å². The predicted octanol–water partition coefficient (Wildman–Crippen LogP) is 4.16. The molecule has 3 nitrogen and oxygen atoms in total. The molecule has 0 aliphatic heterocycles. The van der Waals surface area contributed by atoms with Crippen molar-refractivity contribution in [3.05, 3.63) is 41.2 Å². The molecule has 19 heavy (non-hydrogen) atoms. The molecule has 0 fully saturated rings. The fraction of sp³-hybridized carbons (Fsp3) is 0.0769. The van der Waals surface area contributed by atoms with Gasteiger partial charge in [0.15, 0.2) is 11.6 Å². The zero-order chi connectivity index (χ0) is 14.0. The van der Waals surface area contributed by atoms with Crippen molar-refractivity contribution in [3.63, 3.8) is 0 Å². The van der Waals surface area contributed by atoms with E-state index in [1.54, 1.807) is 23.9 Å². The Morgan fingerprint density at radius 3 is 2.37 bits per heavy atom. The number of benzene rings is 2. The van der Waals surface area contributed by atoms with Crippen molar-refractivity contribution < 1.29 is 9.13 Å². The summed E-state index contributed by atoms with van der Waals surface area (Å²) in [6.07, 6.45) is 1.97. The van der Waals surface area contributed by atoms with Crippen LogP contribution in [0, 0.1) is 5.82 Å². The summed E-state index contributed by atoms with van der Waals surface area (Å²) in [6.45, 7) is 0. The highest BCUT2D eigenvalue weighted by molar-refractivity contribution is 7.98. The fourth-order valence-corrected chi connectivity index (χ4v) is 2.06. The van der Waals surface area contributed by atoms with Gasteiger partial charge in [-0.15, -0.1) is 11.8 Å². The summed E-state index contributed by atoms with van der Waals surface area (Å²) < 4.78 is 19.4. The average molecular weight is 299 g/mol. The van der Waals surface area contributed by atoms with Gasteiger partial charge in [0.1, 0.15) is 10.8 Å². The Morgan fingerprint density at radius 2 is 1.79 bits per heavy atom. The van der Waals surface area contributed by atoms with Crippen LogP contribution < -0.4 is 16.2 Å². The first-order valence-electron chi connectivity index (χ1n) is 5.37. The van der Waals surface area contributed by atoms with Crippen molar-refractivity contribution >= 4 is 34.7 Å². The van der Waals surface area contributed by atoms with Gasteiger partial charge in [-0.25, -0.2) is 4.39 Å². The fourth-order valence-electron chi connectivity index (χ4n) is 1.51. The van der Waals surface area contributed by atoms with Crippen LogP contribution in [0.4, 0.5) is 15.8 Å². The molecule has 0 bridgehead atoms. The largest absolute Gasteiger partial charge is 0.452 e. The van der Waals surface area contributed by atoms with Crippen molar-refractivity contribution in [1.29, 1.82) is 0 Å². The summed E-state index contributed by atoms with van der Waals surface area (Å²) in [5, 5.41) is -0.190. The van der Waals surface area contributed by atoms with Crippen LogP contribution in [0.3, 0.4) is 0 Å². The quantitative estimate of drug-likeness (QED) is 0.660. The number of ether oxygens (including phenoxy) is 1. The third kappa shape index (κ3) is 2.88. The second-order valence-electron chi connectivity index (χ2n) is 3.79. The monoisotopic (exact) mass is 298 g/mol. The van der Waals surface area contributed by atoms with Crippen molar-refractivity contribution in [2.45, 2.75) is 4.90 Å². The van der Waals surface area contributed by atoms with Crippen LogP contribution in [-0.2, 0) is 0 Å². The summed E-state index contributed by atoms with van der Waals surface area (Å²) in [5.74, 6) is -0.395. The number of thioether (sulfide) groups is 1. The lowest BCUT2D eigenvalue weighted by Crippen LogP contribution is -1.99. The molecular weight excluding hydrogens is 287 g/mol. The van der Waals surface area contributed by atoms with Crippen LogP contribution in [0.5, 0.6) is 11.5 Å². The van der Waals surface area contributed by atoms with Crippen molar-refractivity contribution in [1.82, 2.24) is 0 Å². The summed E-state index contributed by atoms with van der Waals surface area (Å²) in [5.41, 5.74) is 11.4. The predicted molar refractivity (Wildman–Crippen MR) is 78.5 cm³/mol. The van der Waals surface area contributed by atoms with E-state index in [1.165, 1.54) is 6.07 Å². The smallest absolute Gasteiger partial charge is 0.188 e. The van der Waals surface area contributed by atoms with E-state index >= 15 is 0 Å². The molecule has 2 aromatic carbocycles. The Labute approximate surface area is 119 Å². The molecule has 4 N–H and O–H groups in total. The number of nitrogens with two attached hydrogens (primary N) is 2. The minimum Gasteiger partial charge on any atom is -0.452 e. The van der Waals surface area contributed by atoms with Gasteiger partial charge in [0.2, 0.25) is 0 Å². The van der Waals surface area contributed by atoms with Crippen molar-refractivity contribution in [2.24, 2.45) is 0 Å². The van der Waals surface area contributed by atoms with Gasteiger partial charge in [0, 0.05) is 4.90 Å². The molecular formula is C13H12ClFN2OS. The SMILES string of the molecule is CSc1ccc(Oc2c(N)cc(N)c(Cl)c2F)cc1. The Bertz CT molecular complexity index is 605. The molecule has 0 radical (unpaired) electrons. The molecule has 0 aromatic heterocycles. The molecule has 100 valence electrons. The lowest BCUT2D eigenvalue weighted by Gasteiger charge is -2.12. The number of rotatable bonds is 3. The van der Waals surface area contributed by atoms with E-state index in [1.807, 2.05) is 18.4 Å². The van der Waals surface area contributed by atoms with E-state index in [2.05, 4.69) is 0 Å². The molecule has 0 heterocycles. The maximum absolute atomic E-state index is 13.9. The lowest BCUT2D eigenvalue weighted by atomic mass is 10.2. The molecule has 0 aliphatic carbocycles. The molecule has 0 atom stereocenters. The van der Waals surface area contributed by atoms with Gasteiger partial charge in [0.05, 0.1) is 11.4 Å². The van der Waals surface area contributed by atoms with Crippen molar-refractivity contribution in [2.75, 3.05) is 17.7 Å². The molecule has 0 saturated carbocycles. The third-order valence-electron chi connectivity index (χ3n) is 2.50. The van der Waals surface area contributed by atoms with E-state index in [-0.39, 0.29) is 22.1 Å². The first kappa shape index (κ1) is 13.8. The maximum Gasteiger partial charge on any atom is 0.188 e. The van der Waals surface area contributed by atoms with Gasteiger partial charge in [-0.1, -0.05) is 11.6 Å². The van der Waals surface area contributed by atoms with Gasteiger partial charge >= 0.3 is 0 Å². The first-order valence-corrected chi connectivity index (χ1v) is 6.98. The third-order valence-corrected chi connectivity index (χ3v) is 3.63. The molecule has 0 aliphatic rings. The lowest BCUT2D eigenvalue weighted by molar-refractivity contribution is 0.445. The molecule has 0 saturated heterocycles. The number of hydrogen-bond donors (Lipinski definition) is 2. The zero-order valence-electron chi connectivity index (χ0n) is 10.1. The van der Waals surface area contributed by atoms with Gasteiger partial charge in [0.25, 0.3) is 0 Å². The van der Waals surface area contributed by atoms with Gasteiger partial charge in [-0.05, 0) is 36.6 Å². The van der Waals surface area contributed by atoms with E-state index in [9.17, 15) is 4.39 Å². The van der Waals surface area contributed by atoms with Gasteiger partial charge in [-0.3, -0.25) is 0 Å². The minimum atomic E-state index is -0.756. The van der Waals surface area contributed by atoms with E-state index in [0.717, 1.165) is 4.90 Å². The molecule has 2 rings (SSSR count). The highest BCUT2D eigenvalue weighted by atomic mass is 35.5. The second kappa shape index (κ2) is 5.59. The summed E-state index contributed by atoms with van der Waals surface area (Å²) >= 11 is 7.33. The standard InChI is InChI=1S/C13H12ClFN2OS/c1-19-8-4-2-7(3-5-8)18-13-10(17)6-9(16)11(14)12(13)15/h2-6H,16-17H2,1H3. The minimum absolute atomic E-state index is 0.0850. The highest BCUT2D eigenvalue weighted by Gasteiger charge is 2.16. The summed E-state index contributed by atoms with van der Waals surface area (Å²) in [6, 6.07) is 8.57. The van der Waals surface area contributed by atoms with Crippen LogP contribution in [0.2, 0.25) is 5.02 Å².